The van der Waals surface area contributed by atoms with Crippen molar-refractivity contribution in [1.82, 2.24) is 9.97 Å². The molecule has 0 radical (unpaired) electrons. The van der Waals surface area contributed by atoms with E-state index in [4.69, 9.17) is 23.2 Å². The lowest BCUT2D eigenvalue weighted by molar-refractivity contribution is 0.567. The summed E-state index contributed by atoms with van der Waals surface area (Å²) < 4.78 is 0. The Morgan fingerprint density at radius 1 is 1.07 bits per heavy atom. The molecule has 3 nitrogen and oxygen atoms in total. The lowest BCUT2D eigenvalue weighted by Crippen LogP contribution is -2.31. The second kappa shape index (κ2) is 4.54. The van der Waals surface area contributed by atoms with Crippen LogP contribution in [-0.2, 0) is 0 Å². The van der Waals surface area contributed by atoms with Crippen LogP contribution in [0.5, 0.6) is 0 Å². The molecule has 0 atom stereocenters. The van der Waals surface area contributed by atoms with Crippen LogP contribution in [0.1, 0.15) is 25.0 Å². The van der Waals surface area contributed by atoms with Gasteiger partial charge >= 0.3 is 0 Å². The summed E-state index contributed by atoms with van der Waals surface area (Å²) in [6.07, 6.45) is 3.68. The van der Waals surface area contributed by atoms with Crippen LogP contribution in [0.25, 0.3) is 0 Å². The molecule has 15 heavy (non-hydrogen) atoms. The molecule has 0 saturated carbocycles. The fourth-order valence-corrected chi connectivity index (χ4v) is 2.04. The van der Waals surface area contributed by atoms with Gasteiger partial charge in [0.05, 0.1) is 10.7 Å². The van der Waals surface area contributed by atoms with Crippen molar-refractivity contribution in [2.24, 2.45) is 0 Å². The first-order chi connectivity index (χ1) is 7.18. The first kappa shape index (κ1) is 11.0. The first-order valence-electron chi connectivity index (χ1n) is 5.13. The van der Waals surface area contributed by atoms with E-state index >= 15 is 0 Å². The van der Waals surface area contributed by atoms with Gasteiger partial charge in [0.15, 0.2) is 5.15 Å². The van der Waals surface area contributed by atoms with Gasteiger partial charge in [-0.3, -0.25) is 0 Å². The molecular weight excluding hydrogens is 233 g/mol. The molecule has 0 unspecified atom stereocenters. The molecule has 1 fully saturated rings. The van der Waals surface area contributed by atoms with Crippen LogP contribution >= 0.6 is 23.2 Å². The topological polar surface area (TPSA) is 29.0 Å². The standard InChI is InChI=1S/C10H13Cl2N3/c1-7-8(11)9(12)14-10(13-7)15-5-3-2-4-6-15/h2-6H2,1H3. The maximum atomic E-state index is 5.93. The molecule has 82 valence electrons. The summed E-state index contributed by atoms with van der Waals surface area (Å²) in [5.41, 5.74) is 0.747. The summed E-state index contributed by atoms with van der Waals surface area (Å²) in [6, 6.07) is 0. The van der Waals surface area contributed by atoms with Crippen molar-refractivity contribution in [3.05, 3.63) is 15.9 Å². The number of aryl methyl sites for hydroxylation is 1. The van der Waals surface area contributed by atoms with Gasteiger partial charge in [-0.2, -0.15) is 4.98 Å². The van der Waals surface area contributed by atoms with Crippen LogP contribution in [0.2, 0.25) is 10.2 Å². The summed E-state index contributed by atoms with van der Waals surface area (Å²) in [5, 5.41) is 0.808. The van der Waals surface area contributed by atoms with Gasteiger partial charge in [-0.15, -0.1) is 0 Å². The zero-order valence-electron chi connectivity index (χ0n) is 8.63. The monoisotopic (exact) mass is 245 g/mol. The molecule has 1 aromatic heterocycles. The molecule has 2 rings (SSSR count). The minimum absolute atomic E-state index is 0.352. The Bertz CT molecular complexity index is 339. The Morgan fingerprint density at radius 3 is 2.33 bits per heavy atom. The van der Waals surface area contributed by atoms with E-state index in [2.05, 4.69) is 14.9 Å². The van der Waals surface area contributed by atoms with Gasteiger partial charge in [0.25, 0.3) is 0 Å². The fourth-order valence-electron chi connectivity index (χ4n) is 1.75. The van der Waals surface area contributed by atoms with E-state index in [-0.39, 0.29) is 0 Å². The Morgan fingerprint density at radius 2 is 1.73 bits per heavy atom. The minimum Gasteiger partial charge on any atom is -0.341 e. The summed E-state index contributed by atoms with van der Waals surface area (Å²) >= 11 is 11.8. The van der Waals surface area contributed by atoms with E-state index in [1.54, 1.807) is 0 Å². The predicted octanol–water partition coefficient (Wildman–Crippen LogP) is 3.08. The number of rotatable bonds is 1. The third-order valence-electron chi connectivity index (χ3n) is 2.60. The predicted molar refractivity (Wildman–Crippen MR) is 62.9 cm³/mol. The van der Waals surface area contributed by atoms with Crippen LogP contribution in [-0.4, -0.2) is 23.1 Å². The van der Waals surface area contributed by atoms with Crippen molar-refractivity contribution in [2.75, 3.05) is 18.0 Å². The van der Waals surface area contributed by atoms with E-state index < -0.39 is 0 Å². The molecule has 1 aliphatic rings. The molecule has 5 heteroatoms. The second-order valence-corrected chi connectivity index (χ2v) is 4.50. The SMILES string of the molecule is Cc1nc(N2CCCCC2)nc(Cl)c1Cl. The number of nitrogens with zero attached hydrogens (tertiary/aromatic N) is 3. The number of anilines is 1. The van der Waals surface area contributed by atoms with Crippen LogP contribution in [0, 0.1) is 6.92 Å². The van der Waals surface area contributed by atoms with E-state index in [9.17, 15) is 0 Å². The van der Waals surface area contributed by atoms with Crippen molar-refractivity contribution < 1.29 is 0 Å². The Balaban J connectivity index is 2.27. The van der Waals surface area contributed by atoms with Crippen molar-refractivity contribution in [3.8, 4) is 0 Å². The average Bonchev–Trinajstić information content (AvgIpc) is 2.26. The highest BCUT2D eigenvalue weighted by molar-refractivity contribution is 6.41. The summed E-state index contributed by atoms with van der Waals surface area (Å²) in [6.45, 7) is 3.87. The molecule has 1 saturated heterocycles. The zero-order chi connectivity index (χ0) is 10.8. The van der Waals surface area contributed by atoms with E-state index in [0.717, 1.165) is 18.8 Å². The van der Waals surface area contributed by atoms with Gasteiger partial charge in [-0.25, -0.2) is 4.98 Å². The van der Waals surface area contributed by atoms with Crippen LogP contribution in [0.3, 0.4) is 0 Å². The fraction of sp³-hybridized carbons (Fsp3) is 0.600. The normalized spacial score (nSPS) is 16.9. The first-order valence-corrected chi connectivity index (χ1v) is 5.88. The van der Waals surface area contributed by atoms with Gasteiger partial charge in [0.1, 0.15) is 0 Å². The summed E-state index contributed by atoms with van der Waals surface area (Å²) in [7, 11) is 0. The highest BCUT2D eigenvalue weighted by Gasteiger charge is 2.16. The molecular formula is C10H13Cl2N3. The van der Waals surface area contributed by atoms with Gasteiger partial charge in [0, 0.05) is 13.1 Å². The number of hydrogen-bond donors (Lipinski definition) is 0. The largest absolute Gasteiger partial charge is 0.341 e. The lowest BCUT2D eigenvalue weighted by Gasteiger charge is -2.26. The Hall–Kier alpha value is -0.540. The second-order valence-electron chi connectivity index (χ2n) is 3.76. The van der Waals surface area contributed by atoms with Crippen LogP contribution in [0.15, 0.2) is 0 Å². The van der Waals surface area contributed by atoms with Crippen molar-refractivity contribution in [2.45, 2.75) is 26.2 Å². The highest BCUT2D eigenvalue weighted by Crippen LogP contribution is 2.25. The minimum atomic E-state index is 0.352. The molecule has 0 aromatic carbocycles. The molecule has 1 aromatic rings. The highest BCUT2D eigenvalue weighted by atomic mass is 35.5. The number of halogens is 2. The van der Waals surface area contributed by atoms with Crippen LogP contribution in [0.4, 0.5) is 5.95 Å². The van der Waals surface area contributed by atoms with E-state index in [1.165, 1.54) is 19.3 Å². The molecule has 2 heterocycles. The third-order valence-corrected chi connectivity index (χ3v) is 3.43. The van der Waals surface area contributed by atoms with Crippen molar-refractivity contribution >= 4 is 29.2 Å². The maximum Gasteiger partial charge on any atom is 0.227 e. The van der Waals surface area contributed by atoms with Gasteiger partial charge in [-0.1, -0.05) is 23.2 Å². The molecule has 0 spiro atoms. The smallest absolute Gasteiger partial charge is 0.227 e. The number of aromatic nitrogens is 2. The zero-order valence-corrected chi connectivity index (χ0v) is 10.1. The summed E-state index contributed by atoms with van der Waals surface area (Å²) in [4.78, 5) is 10.7. The quantitative estimate of drug-likeness (QED) is 0.713. The van der Waals surface area contributed by atoms with Gasteiger partial charge in [-0.05, 0) is 26.2 Å². The van der Waals surface area contributed by atoms with Crippen molar-refractivity contribution in [1.29, 1.82) is 0 Å². The van der Waals surface area contributed by atoms with E-state index in [0.29, 0.717) is 16.1 Å². The third kappa shape index (κ3) is 2.34. The number of piperidine rings is 1. The lowest BCUT2D eigenvalue weighted by atomic mass is 10.1. The number of hydrogen-bond acceptors (Lipinski definition) is 3. The Kier molecular flexibility index (Phi) is 3.32. The van der Waals surface area contributed by atoms with Gasteiger partial charge in [0.2, 0.25) is 5.95 Å². The van der Waals surface area contributed by atoms with Crippen molar-refractivity contribution in [3.63, 3.8) is 0 Å². The van der Waals surface area contributed by atoms with E-state index in [1.807, 2.05) is 6.92 Å². The maximum absolute atomic E-state index is 5.93. The molecule has 1 aliphatic heterocycles. The molecule has 0 aliphatic carbocycles. The van der Waals surface area contributed by atoms with Gasteiger partial charge < -0.3 is 4.90 Å². The summed E-state index contributed by atoms with van der Waals surface area (Å²) in [5.74, 6) is 0.710. The molecule has 0 bridgehead atoms. The molecule has 0 amide bonds. The average molecular weight is 246 g/mol. The Labute approximate surface area is 99.4 Å². The van der Waals surface area contributed by atoms with Crippen LogP contribution < -0.4 is 4.90 Å². The molecule has 0 N–H and O–H groups in total.